The molecule has 1 aromatic heterocycles. The molecule has 0 unspecified atom stereocenters. The summed E-state index contributed by atoms with van der Waals surface area (Å²) in [6.45, 7) is 5.41. The molecule has 0 bridgehead atoms. The lowest BCUT2D eigenvalue weighted by atomic mass is 10.1. The number of aromatic nitrogens is 1. The van der Waals surface area contributed by atoms with E-state index in [1.165, 1.54) is 0 Å². The molecule has 2 aromatic rings. The summed E-state index contributed by atoms with van der Waals surface area (Å²) in [5.74, 6) is 0.000854. The van der Waals surface area contributed by atoms with Crippen molar-refractivity contribution < 1.29 is 9.53 Å². The molecule has 6 nitrogen and oxygen atoms in total. The molecule has 128 valence electrons. The number of nitrogens with zero attached hydrogens (tertiary/aromatic N) is 2. The SMILES string of the molecule is O=C(NC1CCOCC1)c1ccc2nc(N3CCNCC3)sc2c1. The van der Waals surface area contributed by atoms with E-state index < -0.39 is 0 Å². The molecule has 4 rings (SSSR count). The van der Waals surface area contributed by atoms with Crippen molar-refractivity contribution in [3.8, 4) is 0 Å². The van der Waals surface area contributed by atoms with Crippen molar-refractivity contribution in [3.63, 3.8) is 0 Å². The number of carbonyl (C=O) groups is 1. The van der Waals surface area contributed by atoms with Crippen LogP contribution < -0.4 is 15.5 Å². The molecule has 2 aliphatic heterocycles. The van der Waals surface area contributed by atoms with Gasteiger partial charge in [0.25, 0.3) is 5.91 Å². The van der Waals surface area contributed by atoms with Crippen LogP contribution >= 0.6 is 11.3 Å². The Hall–Kier alpha value is -1.70. The highest BCUT2D eigenvalue weighted by Gasteiger charge is 2.19. The lowest BCUT2D eigenvalue weighted by molar-refractivity contribution is 0.0696. The minimum Gasteiger partial charge on any atom is -0.381 e. The topological polar surface area (TPSA) is 66.5 Å². The summed E-state index contributed by atoms with van der Waals surface area (Å²) in [5.41, 5.74) is 1.68. The third-order valence-electron chi connectivity index (χ3n) is 4.58. The fourth-order valence-corrected chi connectivity index (χ4v) is 4.21. The number of anilines is 1. The smallest absolute Gasteiger partial charge is 0.251 e. The van der Waals surface area contributed by atoms with Crippen molar-refractivity contribution in [1.29, 1.82) is 0 Å². The van der Waals surface area contributed by atoms with Crippen molar-refractivity contribution in [3.05, 3.63) is 23.8 Å². The normalized spacial score (nSPS) is 19.6. The van der Waals surface area contributed by atoms with Gasteiger partial charge in [-0.05, 0) is 31.0 Å². The molecule has 1 amide bonds. The Morgan fingerprint density at radius 1 is 1.29 bits per heavy atom. The first-order valence-corrected chi connectivity index (χ1v) is 9.36. The van der Waals surface area contributed by atoms with Crippen molar-refractivity contribution in [2.45, 2.75) is 18.9 Å². The highest BCUT2D eigenvalue weighted by atomic mass is 32.1. The zero-order valence-corrected chi connectivity index (χ0v) is 14.4. The molecular weight excluding hydrogens is 324 g/mol. The lowest BCUT2D eigenvalue weighted by Gasteiger charge is -2.26. The summed E-state index contributed by atoms with van der Waals surface area (Å²) < 4.78 is 6.41. The molecule has 2 saturated heterocycles. The Bertz CT molecular complexity index is 720. The van der Waals surface area contributed by atoms with Crippen LogP contribution in [-0.2, 0) is 4.74 Å². The van der Waals surface area contributed by atoms with Crippen LogP contribution in [0.2, 0.25) is 0 Å². The Labute approximate surface area is 145 Å². The van der Waals surface area contributed by atoms with Crippen LogP contribution in [0.25, 0.3) is 10.2 Å². The Balaban J connectivity index is 1.50. The standard InChI is InChI=1S/C17H22N4O2S/c22-16(19-13-3-9-23-10-4-13)12-1-2-14-15(11-12)24-17(20-14)21-7-5-18-6-8-21/h1-2,11,13,18H,3-10H2,(H,19,22). The molecular formula is C17H22N4O2S. The van der Waals surface area contributed by atoms with Gasteiger partial charge in [-0.2, -0.15) is 0 Å². The number of amides is 1. The van der Waals surface area contributed by atoms with Gasteiger partial charge in [-0.3, -0.25) is 4.79 Å². The molecule has 0 atom stereocenters. The third-order valence-corrected chi connectivity index (χ3v) is 5.66. The number of fused-ring (bicyclic) bond motifs is 1. The van der Waals surface area contributed by atoms with E-state index in [1.54, 1.807) is 11.3 Å². The van der Waals surface area contributed by atoms with Crippen molar-refractivity contribution in [1.82, 2.24) is 15.6 Å². The van der Waals surface area contributed by atoms with Gasteiger partial charge in [-0.15, -0.1) is 0 Å². The highest BCUT2D eigenvalue weighted by Crippen LogP contribution is 2.29. The van der Waals surface area contributed by atoms with E-state index in [1.807, 2.05) is 18.2 Å². The molecule has 0 radical (unpaired) electrons. The number of carbonyl (C=O) groups excluding carboxylic acids is 1. The Morgan fingerprint density at radius 3 is 2.88 bits per heavy atom. The zero-order chi connectivity index (χ0) is 16.4. The monoisotopic (exact) mass is 346 g/mol. The number of rotatable bonds is 3. The number of hydrogen-bond donors (Lipinski definition) is 2. The largest absolute Gasteiger partial charge is 0.381 e. The average molecular weight is 346 g/mol. The van der Waals surface area contributed by atoms with Gasteiger partial charge in [-0.25, -0.2) is 4.98 Å². The quantitative estimate of drug-likeness (QED) is 0.884. The minimum atomic E-state index is 0.000854. The number of piperazine rings is 1. The molecule has 0 spiro atoms. The molecule has 2 N–H and O–H groups in total. The second-order valence-corrected chi connectivity index (χ2v) is 7.29. The molecule has 7 heteroatoms. The molecule has 24 heavy (non-hydrogen) atoms. The van der Waals surface area contributed by atoms with Crippen LogP contribution in [0.4, 0.5) is 5.13 Å². The number of ether oxygens (including phenoxy) is 1. The van der Waals surface area contributed by atoms with E-state index in [2.05, 4.69) is 15.5 Å². The maximum Gasteiger partial charge on any atom is 0.251 e. The Kier molecular flexibility index (Phi) is 4.64. The van der Waals surface area contributed by atoms with E-state index in [4.69, 9.17) is 9.72 Å². The fourth-order valence-electron chi connectivity index (χ4n) is 3.16. The maximum absolute atomic E-state index is 12.5. The van der Waals surface area contributed by atoms with E-state index in [9.17, 15) is 4.79 Å². The summed E-state index contributed by atoms with van der Waals surface area (Å²) in [4.78, 5) is 19.5. The summed E-state index contributed by atoms with van der Waals surface area (Å²) in [6.07, 6.45) is 1.78. The number of benzene rings is 1. The van der Waals surface area contributed by atoms with Gasteiger partial charge < -0.3 is 20.3 Å². The van der Waals surface area contributed by atoms with E-state index >= 15 is 0 Å². The summed E-state index contributed by atoms with van der Waals surface area (Å²) >= 11 is 1.67. The fraction of sp³-hybridized carbons (Fsp3) is 0.529. The van der Waals surface area contributed by atoms with Crippen LogP contribution in [-0.4, -0.2) is 56.3 Å². The number of nitrogens with one attached hydrogen (secondary N) is 2. The van der Waals surface area contributed by atoms with Gasteiger partial charge in [0.05, 0.1) is 10.2 Å². The third kappa shape index (κ3) is 3.38. The van der Waals surface area contributed by atoms with Crippen LogP contribution in [0.1, 0.15) is 23.2 Å². The maximum atomic E-state index is 12.5. The summed E-state index contributed by atoms with van der Waals surface area (Å²) in [5, 5.41) is 7.52. The first-order chi connectivity index (χ1) is 11.8. The molecule has 3 heterocycles. The van der Waals surface area contributed by atoms with Crippen LogP contribution in [0, 0.1) is 0 Å². The van der Waals surface area contributed by atoms with Crippen LogP contribution in [0.5, 0.6) is 0 Å². The van der Waals surface area contributed by atoms with Crippen molar-refractivity contribution in [2.24, 2.45) is 0 Å². The van der Waals surface area contributed by atoms with Gasteiger partial charge in [0.2, 0.25) is 0 Å². The second-order valence-electron chi connectivity index (χ2n) is 6.28. The number of hydrogen-bond acceptors (Lipinski definition) is 6. The molecule has 2 fully saturated rings. The molecule has 0 saturated carbocycles. The van der Waals surface area contributed by atoms with Crippen LogP contribution in [0.15, 0.2) is 18.2 Å². The minimum absolute atomic E-state index is 0.000854. The predicted octanol–water partition coefficient (Wildman–Crippen LogP) is 1.61. The van der Waals surface area contributed by atoms with Gasteiger partial charge in [0.1, 0.15) is 0 Å². The second kappa shape index (κ2) is 7.04. The number of thiazole rings is 1. The van der Waals surface area contributed by atoms with E-state index in [0.29, 0.717) is 5.56 Å². The highest BCUT2D eigenvalue weighted by molar-refractivity contribution is 7.22. The summed E-state index contributed by atoms with van der Waals surface area (Å²) in [6, 6.07) is 6.02. The van der Waals surface area contributed by atoms with E-state index in [0.717, 1.165) is 67.6 Å². The first kappa shape index (κ1) is 15.8. The molecule has 1 aromatic carbocycles. The van der Waals surface area contributed by atoms with Crippen LogP contribution in [0.3, 0.4) is 0 Å². The lowest BCUT2D eigenvalue weighted by Crippen LogP contribution is -2.43. The van der Waals surface area contributed by atoms with Gasteiger partial charge in [0, 0.05) is 51.0 Å². The zero-order valence-electron chi connectivity index (χ0n) is 13.6. The molecule has 0 aliphatic carbocycles. The Morgan fingerprint density at radius 2 is 2.08 bits per heavy atom. The predicted molar refractivity (Wildman–Crippen MR) is 96.0 cm³/mol. The average Bonchev–Trinajstić information content (AvgIpc) is 3.06. The van der Waals surface area contributed by atoms with Gasteiger partial charge in [0.15, 0.2) is 5.13 Å². The first-order valence-electron chi connectivity index (χ1n) is 8.54. The van der Waals surface area contributed by atoms with Gasteiger partial charge >= 0.3 is 0 Å². The summed E-state index contributed by atoms with van der Waals surface area (Å²) in [7, 11) is 0. The molecule has 2 aliphatic rings. The van der Waals surface area contributed by atoms with E-state index in [-0.39, 0.29) is 11.9 Å². The van der Waals surface area contributed by atoms with Crippen molar-refractivity contribution in [2.75, 3.05) is 44.3 Å². The van der Waals surface area contributed by atoms with Gasteiger partial charge in [-0.1, -0.05) is 11.3 Å². The van der Waals surface area contributed by atoms with Crippen molar-refractivity contribution >= 4 is 32.6 Å².